The van der Waals surface area contributed by atoms with Crippen LogP contribution in [0.3, 0.4) is 0 Å². The summed E-state index contributed by atoms with van der Waals surface area (Å²) in [6.45, 7) is 8.37. The zero-order valence-electron chi connectivity index (χ0n) is 10.6. The summed E-state index contributed by atoms with van der Waals surface area (Å²) in [5.41, 5.74) is 9.07. The van der Waals surface area contributed by atoms with Gasteiger partial charge in [0, 0.05) is 28.4 Å². The van der Waals surface area contributed by atoms with Gasteiger partial charge in [-0.15, -0.1) is 17.9 Å². The van der Waals surface area contributed by atoms with E-state index in [0.717, 1.165) is 21.8 Å². The van der Waals surface area contributed by atoms with Gasteiger partial charge in [-0.3, -0.25) is 4.79 Å². The van der Waals surface area contributed by atoms with Gasteiger partial charge in [0.25, 0.3) is 5.91 Å². The molecule has 0 unspecified atom stereocenters. The van der Waals surface area contributed by atoms with E-state index in [1.54, 1.807) is 11.3 Å². The normalized spacial score (nSPS) is 10.6. The molecule has 94 valence electrons. The number of amides is 1. The van der Waals surface area contributed by atoms with Crippen molar-refractivity contribution in [2.24, 2.45) is 5.73 Å². The molecule has 3 nitrogen and oxygen atoms in total. The highest BCUT2D eigenvalue weighted by molar-refractivity contribution is 7.13. The lowest BCUT2D eigenvalue weighted by molar-refractivity contribution is 0.1000. The first kappa shape index (κ1) is 12.6. The van der Waals surface area contributed by atoms with Gasteiger partial charge in [-0.05, 0) is 25.3 Å². The van der Waals surface area contributed by atoms with Crippen molar-refractivity contribution < 1.29 is 4.79 Å². The second-order valence-corrected chi connectivity index (χ2v) is 5.11. The van der Waals surface area contributed by atoms with Crippen LogP contribution in [0, 0.1) is 13.8 Å². The molecule has 2 aromatic rings. The number of thiophene rings is 1. The van der Waals surface area contributed by atoms with Gasteiger partial charge < -0.3 is 10.3 Å². The lowest BCUT2D eigenvalue weighted by atomic mass is 10.1. The Bertz CT molecular complexity index is 594. The molecule has 0 saturated carbocycles. The van der Waals surface area contributed by atoms with Crippen molar-refractivity contribution in [1.29, 1.82) is 0 Å². The van der Waals surface area contributed by atoms with Gasteiger partial charge in [-0.25, -0.2) is 0 Å². The molecular formula is C14H16N2OS. The Morgan fingerprint density at radius 3 is 2.72 bits per heavy atom. The van der Waals surface area contributed by atoms with E-state index in [2.05, 4.69) is 11.1 Å². The van der Waals surface area contributed by atoms with Crippen LogP contribution in [-0.2, 0) is 6.54 Å². The van der Waals surface area contributed by atoms with E-state index < -0.39 is 0 Å². The first-order chi connectivity index (χ1) is 8.57. The second kappa shape index (κ2) is 4.82. The number of aromatic nitrogens is 1. The summed E-state index contributed by atoms with van der Waals surface area (Å²) >= 11 is 1.61. The summed E-state index contributed by atoms with van der Waals surface area (Å²) in [6, 6.07) is 3.99. The minimum Gasteiger partial charge on any atom is -0.366 e. The lowest BCUT2D eigenvalue weighted by Crippen LogP contribution is -2.13. The molecule has 0 aliphatic heterocycles. The molecule has 0 aliphatic carbocycles. The molecule has 2 N–H and O–H groups in total. The summed E-state index contributed by atoms with van der Waals surface area (Å²) in [7, 11) is 0. The third-order valence-corrected chi connectivity index (χ3v) is 4.00. The van der Waals surface area contributed by atoms with Crippen molar-refractivity contribution in [2.75, 3.05) is 0 Å². The number of primary amides is 1. The van der Waals surface area contributed by atoms with Crippen LogP contribution in [0.1, 0.15) is 21.7 Å². The number of nitrogens with zero attached hydrogens (tertiary/aromatic N) is 1. The molecule has 0 saturated heterocycles. The standard InChI is InChI=1S/C14H16N2OS/c1-4-7-16-9(2)12(11-6-5-8-18-11)13(10(16)3)14(15)17/h4-6,8H,1,7H2,2-3H3,(H2,15,17). The summed E-state index contributed by atoms with van der Waals surface area (Å²) in [4.78, 5) is 12.8. The Balaban J connectivity index is 2.74. The average Bonchev–Trinajstić information content (AvgIpc) is 2.90. The van der Waals surface area contributed by atoms with Crippen molar-refractivity contribution in [1.82, 2.24) is 4.57 Å². The largest absolute Gasteiger partial charge is 0.366 e. The molecule has 4 heteroatoms. The fraction of sp³-hybridized carbons (Fsp3) is 0.214. The quantitative estimate of drug-likeness (QED) is 0.844. The Labute approximate surface area is 111 Å². The SMILES string of the molecule is C=CCn1c(C)c(C(N)=O)c(-c2cccs2)c1C. The Hall–Kier alpha value is -1.81. The van der Waals surface area contributed by atoms with E-state index in [-0.39, 0.29) is 5.91 Å². The zero-order chi connectivity index (χ0) is 13.3. The number of nitrogens with two attached hydrogens (primary N) is 1. The van der Waals surface area contributed by atoms with Crippen LogP contribution in [0.15, 0.2) is 30.2 Å². The highest BCUT2D eigenvalue weighted by Crippen LogP contribution is 2.34. The van der Waals surface area contributed by atoms with Gasteiger partial charge in [0.05, 0.1) is 5.56 Å². The van der Waals surface area contributed by atoms with Crippen molar-refractivity contribution in [2.45, 2.75) is 20.4 Å². The molecule has 0 spiro atoms. The maximum absolute atomic E-state index is 11.7. The molecule has 0 radical (unpaired) electrons. The first-order valence-corrected chi connectivity index (χ1v) is 6.60. The number of carbonyl (C=O) groups excluding carboxylic acids is 1. The predicted molar refractivity (Wildman–Crippen MR) is 75.9 cm³/mol. The summed E-state index contributed by atoms with van der Waals surface area (Å²) in [5, 5.41) is 2.00. The number of hydrogen-bond donors (Lipinski definition) is 1. The predicted octanol–water partition coefficient (Wildman–Crippen LogP) is 3.12. The molecule has 0 fully saturated rings. The van der Waals surface area contributed by atoms with Gasteiger partial charge in [0.15, 0.2) is 0 Å². The average molecular weight is 260 g/mol. The third-order valence-electron chi connectivity index (χ3n) is 3.11. The Morgan fingerprint density at radius 1 is 1.50 bits per heavy atom. The summed E-state index contributed by atoms with van der Waals surface area (Å²) in [6.07, 6.45) is 1.82. The van der Waals surface area contributed by atoms with Crippen LogP contribution < -0.4 is 5.73 Å². The minimum absolute atomic E-state index is 0.373. The van der Waals surface area contributed by atoms with Crippen LogP contribution in [0.4, 0.5) is 0 Å². The smallest absolute Gasteiger partial charge is 0.251 e. The molecule has 2 aromatic heterocycles. The molecule has 2 rings (SSSR count). The van der Waals surface area contributed by atoms with E-state index in [9.17, 15) is 4.79 Å². The van der Waals surface area contributed by atoms with Crippen molar-refractivity contribution >= 4 is 17.2 Å². The molecule has 0 aromatic carbocycles. The maximum Gasteiger partial charge on any atom is 0.251 e. The molecule has 0 atom stereocenters. The first-order valence-electron chi connectivity index (χ1n) is 5.72. The lowest BCUT2D eigenvalue weighted by Gasteiger charge is -2.05. The van der Waals surface area contributed by atoms with Crippen molar-refractivity contribution in [3.05, 3.63) is 47.1 Å². The van der Waals surface area contributed by atoms with E-state index in [4.69, 9.17) is 5.73 Å². The number of rotatable bonds is 4. The van der Waals surface area contributed by atoms with Crippen LogP contribution in [0.25, 0.3) is 10.4 Å². The van der Waals surface area contributed by atoms with Crippen LogP contribution >= 0.6 is 11.3 Å². The topological polar surface area (TPSA) is 48.0 Å². The fourth-order valence-corrected chi connectivity index (χ4v) is 3.14. The monoisotopic (exact) mass is 260 g/mol. The van der Waals surface area contributed by atoms with Gasteiger partial charge in [-0.1, -0.05) is 12.1 Å². The zero-order valence-corrected chi connectivity index (χ0v) is 11.4. The number of hydrogen-bond acceptors (Lipinski definition) is 2. The number of carbonyl (C=O) groups is 1. The van der Waals surface area contributed by atoms with Gasteiger partial charge in [0.1, 0.15) is 0 Å². The second-order valence-electron chi connectivity index (χ2n) is 4.16. The van der Waals surface area contributed by atoms with Gasteiger partial charge >= 0.3 is 0 Å². The molecule has 0 bridgehead atoms. The van der Waals surface area contributed by atoms with Crippen LogP contribution in [0.2, 0.25) is 0 Å². The summed E-state index contributed by atoms with van der Waals surface area (Å²) < 4.78 is 2.07. The van der Waals surface area contributed by atoms with E-state index in [1.165, 1.54) is 0 Å². The minimum atomic E-state index is -0.373. The highest BCUT2D eigenvalue weighted by Gasteiger charge is 2.22. The number of allylic oxidation sites excluding steroid dienone is 1. The van der Waals surface area contributed by atoms with E-state index >= 15 is 0 Å². The Morgan fingerprint density at radius 2 is 2.22 bits per heavy atom. The fourth-order valence-electron chi connectivity index (χ4n) is 2.31. The molecule has 2 heterocycles. The highest BCUT2D eigenvalue weighted by atomic mass is 32.1. The molecule has 18 heavy (non-hydrogen) atoms. The van der Waals surface area contributed by atoms with E-state index in [1.807, 2.05) is 37.4 Å². The molecule has 1 amide bonds. The van der Waals surface area contributed by atoms with E-state index in [0.29, 0.717) is 12.1 Å². The van der Waals surface area contributed by atoms with Crippen LogP contribution in [-0.4, -0.2) is 10.5 Å². The van der Waals surface area contributed by atoms with Crippen molar-refractivity contribution in [3.8, 4) is 10.4 Å². The van der Waals surface area contributed by atoms with Gasteiger partial charge in [-0.2, -0.15) is 0 Å². The third kappa shape index (κ3) is 1.88. The Kier molecular flexibility index (Phi) is 3.39. The van der Waals surface area contributed by atoms with Crippen molar-refractivity contribution in [3.63, 3.8) is 0 Å². The van der Waals surface area contributed by atoms with Gasteiger partial charge in [0.2, 0.25) is 0 Å². The summed E-state index contributed by atoms with van der Waals surface area (Å²) in [5.74, 6) is -0.373. The maximum atomic E-state index is 11.7. The van der Waals surface area contributed by atoms with Crippen LogP contribution in [0.5, 0.6) is 0 Å². The molecule has 0 aliphatic rings. The molecular weight excluding hydrogens is 244 g/mol.